The molecule has 0 aliphatic carbocycles. The Morgan fingerprint density at radius 2 is 2.08 bits per heavy atom. The van der Waals surface area contributed by atoms with Gasteiger partial charge in [0.25, 0.3) is 0 Å². The number of nitrogens with one attached hydrogen (secondary N) is 1. The molecule has 4 heteroatoms. The molecule has 1 fully saturated rings. The van der Waals surface area contributed by atoms with Crippen molar-refractivity contribution < 1.29 is 4.79 Å². The Morgan fingerprint density at radius 3 is 2.73 bits per heavy atom. The predicted octanol–water partition coefficient (Wildman–Crippen LogP) is 4.70. The standard InChI is InChI=1S/C22H32N2OS/c1-17-9-8-14-24(15-17)21(25)13-6-5-12-20(23-4)16-26-22-18(2)10-7-11-19(22)3/h5-7,10-12,17,23H,8-9,13-16H2,1-4H3/b6-5-,20-12-. The summed E-state index contributed by atoms with van der Waals surface area (Å²) >= 11 is 1.85. The number of aryl methyl sites for hydroxylation is 2. The minimum absolute atomic E-state index is 0.247. The lowest BCUT2D eigenvalue weighted by Crippen LogP contribution is -2.38. The van der Waals surface area contributed by atoms with Crippen molar-refractivity contribution in [2.75, 3.05) is 25.9 Å². The topological polar surface area (TPSA) is 32.3 Å². The Morgan fingerprint density at radius 1 is 1.35 bits per heavy atom. The van der Waals surface area contributed by atoms with Crippen LogP contribution in [0.3, 0.4) is 0 Å². The van der Waals surface area contributed by atoms with E-state index in [0.29, 0.717) is 12.3 Å². The van der Waals surface area contributed by atoms with Crippen LogP contribution >= 0.6 is 11.8 Å². The number of hydrogen-bond acceptors (Lipinski definition) is 3. The monoisotopic (exact) mass is 372 g/mol. The number of carbonyl (C=O) groups excluding carboxylic acids is 1. The molecule has 1 unspecified atom stereocenters. The molecule has 0 saturated carbocycles. The number of allylic oxidation sites excluding steroid dienone is 2. The average Bonchev–Trinajstić information content (AvgIpc) is 2.62. The van der Waals surface area contributed by atoms with Gasteiger partial charge in [0.2, 0.25) is 5.91 Å². The van der Waals surface area contributed by atoms with Gasteiger partial charge < -0.3 is 10.2 Å². The molecule has 1 N–H and O–H groups in total. The highest BCUT2D eigenvalue weighted by molar-refractivity contribution is 7.99. The van der Waals surface area contributed by atoms with Crippen LogP contribution in [-0.4, -0.2) is 36.7 Å². The van der Waals surface area contributed by atoms with E-state index in [1.165, 1.54) is 22.4 Å². The summed E-state index contributed by atoms with van der Waals surface area (Å²) in [4.78, 5) is 15.6. The lowest BCUT2D eigenvalue weighted by molar-refractivity contribution is -0.131. The zero-order valence-electron chi connectivity index (χ0n) is 16.5. The summed E-state index contributed by atoms with van der Waals surface area (Å²) in [6, 6.07) is 6.42. The molecule has 142 valence electrons. The van der Waals surface area contributed by atoms with Gasteiger partial charge in [-0.05, 0) is 49.8 Å². The fourth-order valence-electron chi connectivity index (χ4n) is 3.28. The van der Waals surface area contributed by atoms with E-state index in [4.69, 9.17) is 0 Å². The average molecular weight is 373 g/mol. The summed E-state index contributed by atoms with van der Waals surface area (Å²) in [6.45, 7) is 8.37. The first-order chi connectivity index (χ1) is 12.5. The second-order valence-electron chi connectivity index (χ2n) is 7.17. The minimum Gasteiger partial charge on any atom is -0.391 e. The van der Waals surface area contributed by atoms with E-state index in [2.05, 4.69) is 50.4 Å². The van der Waals surface area contributed by atoms with Crippen LogP contribution in [0, 0.1) is 19.8 Å². The zero-order valence-corrected chi connectivity index (χ0v) is 17.4. The molecule has 26 heavy (non-hydrogen) atoms. The zero-order chi connectivity index (χ0) is 18.9. The second-order valence-corrected chi connectivity index (χ2v) is 8.16. The van der Waals surface area contributed by atoms with Crippen LogP contribution in [0.2, 0.25) is 0 Å². The third-order valence-corrected chi connectivity index (χ3v) is 6.23. The Bertz CT molecular complexity index is 646. The maximum atomic E-state index is 12.3. The van der Waals surface area contributed by atoms with E-state index in [0.717, 1.165) is 31.0 Å². The molecule has 1 amide bonds. The first kappa shape index (κ1) is 20.6. The number of amides is 1. The molecule has 2 rings (SSSR count). The van der Waals surface area contributed by atoms with Crippen LogP contribution in [0.25, 0.3) is 0 Å². The Hall–Kier alpha value is -1.68. The van der Waals surface area contributed by atoms with Crippen molar-refractivity contribution in [2.45, 2.75) is 44.9 Å². The van der Waals surface area contributed by atoms with E-state index in [1.807, 2.05) is 35.9 Å². The van der Waals surface area contributed by atoms with Crippen molar-refractivity contribution in [1.82, 2.24) is 10.2 Å². The lowest BCUT2D eigenvalue weighted by atomic mass is 10.00. The molecule has 1 aromatic carbocycles. The maximum Gasteiger partial charge on any atom is 0.226 e. The summed E-state index contributed by atoms with van der Waals surface area (Å²) in [5.41, 5.74) is 3.80. The maximum absolute atomic E-state index is 12.3. The number of piperidine rings is 1. The van der Waals surface area contributed by atoms with E-state index >= 15 is 0 Å². The summed E-state index contributed by atoms with van der Waals surface area (Å²) in [5.74, 6) is 1.77. The fourth-order valence-corrected chi connectivity index (χ4v) is 4.41. The van der Waals surface area contributed by atoms with Gasteiger partial charge in [-0.1, -0.05) is 37.3 Å². The number of nitrogens with zero attached hydrogens (tertiary/aromatic N) is 1. The van der Waals surface area contributed by atoms with Gasteiger partial charge >= 0.3 is 0 Å². The third-order valence-electron chi connectivity index (χ3n) is 4.84. The van der Waals surface area contributed by atoms with Crippen molar-refractivity contribution >= 4 is 17.7 Å². The van der Waals surface area contributed by atoms with E-state index in [1.54, 1.807) is 0 Å². The molecule has 1 aliphatic heterocycles. The van der Waals surface area contributed by atoms with Crippen LogP contribution in [0.1, 0.15) is 37.3 Å². The Balaban J connectivity index is 1.84. The first-order valence-electron chi connectivity index (χ1n) is 9.51. The quantitative estimate of drug-likeness (QED) is 0.556. The molecular formula is C22H32N2OS. The van der Waals surface area contributed by atoms with Gasteiger partial charge in [0.05, 0.1) is 0 Å². The molecule has 0 spiro atoms. The lowest BCUT2D eigenvalue weighted by Gasteiger charge is -2.30. The van der Waals surface area contributed by atoms with Crippen molar-refractivity contribution in [1.29, 1.82) is 0 Å². The van der Waals surface area contributed by atoms with Crippen molar-refractivity contribution in [2.24, 2.45) is 5.92 Å². The van der Waals surface area contributed by atoms with Crippen molar-refractivity contribution in [3.05, 3.63) is 53.3 Å². The highest BCUT2D eigenvalue weighted by Crippen LogP contribution is 2.27. The van der Waals surface area contributed by atoms with Crippen molar-refractivity contribution in [3.63, 3.8) is 0 Å². The first-order valence-corrected chi connectivity index (χ1v) is 10.5. The minimum atomic E-state index is 0.247. The van der Waals surface area contributed by atoms with Crippen LogP contribution in [0.5, 0.6) is 0 Å². The summed E-state index contributed by atoms with van der Waals surface area (Å²) in [7, 11) is 1.95. The molecule has 1 aliphatic rings. The summed E-state index contributed by atoms with van der Waals surface area (Å²) in [5, 5.41) is 3.26. The van der Waals surface area contributed by atoms with E-state index in [9.17, 15) is 4.79 Å². The van der Waals surface area contributed by atoms with Gasteiger partial charge in [-0.15, -0.1) is 11.8 Å². The summed E-state index contributed by atoms with van der Waals surface area (Å²) < 4.78 is 0. The normalized spacial score (nSPS) is 18.4. The molecule has 1 aromatic rings. The number of rotatable bonds is 7. The van der Waals surface area contributed by atoms with Crippen LogP contribution < -0.4 is 5.32 Å². The molecule has 1 heterocycles. The third kappa shape index (κ3) is 6.24. The smallest absolute Gasteiger partial charge is 0.226 e. The Labute approximate surface area is 162 Å². The Kier molecular flexibility index (Phi) is 8.30. The highest BCUT2D eigenvalue weighted by Gasteiger charge is 2.19. The fraction of sp³-hybridized carbons (Fsp3) is 0.500. The molecule has 0 aromatic heterocycles. The van der Waals surface area contributed by atoms with Gasteiger partial charge in [-0.3, -0.25) is 4.79 Å². The predicted molar refractivity (Wildman–Crippen MR) is 113 cm³/mol. The largest absolute Gasteiger partial charge is 0.391 e. The molecule has 1 atom stereocenters. The SMILES string of the molecule is CN/C(=C\C=C/CC(=O)N1CCCC(C)C1)CSc1c(C)cccc1C. The van der Waals surface area contributed by atoms with Crippen LogP contribution in [-0.2, 0) is 4.79 Å². The molecule has 0 radical (unpaired) electrons. The number of likely N-dealkylation sites (tertiary alicyclic amines) is 1. The second kappa shape index (κ2) is 10.5. The number of carbonyl (C=O) groups is 1. The van der Waals surface area contributed by atoms with Gasteiger partial charge in [-0.25, -0.2) is 0 Å². The van der Waals surface area contributed by atoms with Crippen molar-refractivity contribution in [3.8, 4) is 0 Å². The number of benzene rings is 1. The number of hydrogen-bond donors (Lipinski definition) is 1. The van der Waals surface area contributed by atoms with E-state index < -0.39 is 0 Å². The molecule has 0 bridgehead atoms. The molecule has 3 nitrogen and oxygen atoms in total. The number of thioether (sulfide) groups is 1. The highest BCUT2D eigenvalue weighted by atomic mass is 32.2. The van der Waals surface area contributed by atoms with Gasteiger partial charge in [0.1, 0.15) is 0 Å². The van der Waals surface area contributed by atoms with Gasteiger partial charge in [-0.2, -0.15) is 0 Å². The molecule has 1 saturated heterocycles. The van der Waals surface area contributed by atoms with E-state index in [-0.39, 0.29) is 5.91 Å². The van der Waals surface area contributed by atoms with Crippen LogP contribution in [0.15, 0.2) is 47.0 Å². The van der Waals surface area contributed by atoms with Gasteiger partial charge in [0.15, 0.2) is 0 Å². The van der Waals surface area contributed by atoms with Crippen LogP contribution in [0.4, 0.5) is 0 Å². The summed E-state index contributed by atoms with van der Waals surface area (Å²) in [6.07, 6.45) is 8.92. The molecular weight excluding hydrogens is 340 g/mol. The van der Waals surface area contributed by atoms with Gasteiger partial charge in [0, 0.05) is 42.9 Å².